The van der Waals surface area contributed by atoms with Crippen LogP contribution in [0.15, 0.2) is 36.4 Å². The molecule has 0 radical (unpaired) electrons. The van der Waals surface area contributed by atoms with E-state index in [2.05, 4.69) is 17.2 Å². The largest absolute Gasteiger partial charge is 0.486 e. The first-order valence-corrected chi connectivity index (χ1v) is 9.60. The minimum atomic E-state index is -0.637. The predicted molar refractivity (Wildman–Crippen MR) is 113 cm³/mol. The monoisotopic (exact) mass is 401 g/mol. The number of benzene rings is 1. The number of nitrogens with one attached hydrogen (secondary N) is 1. The van der Waals surface area contributed by atoms with Crippen molar-refractivity contribution in [3.8, 4) is 5.75 Å². The summed E-state index contributed by atoms with van der Waals surface area (Å²) >= 11 is 0. The molecule has 1 aromatic carbocycles. The number of halogens is 1. The molecule has 156 valence electrons. The Morgan fingerprint density at radius 1 is 1.34 bits per heavy atom. The van der Waals surface area contributed by atoms with Crippen molar-refractivity contribution in [1.82, 2.24) is 4.98 Å². The number of rotatable bonds is 10. The van der Waals surface area contributed by atoms with Gasteiger partial charge in [-0.1, -0.05) is 38.0 Å². The lowest BCUT2D eigenvalue weighted by molar-refractivity contribution is 0.102. The van der Waals surface area contributed by atoms with E-state index in [0.717, 1.165) is 24.8 Å². The maximum Gasteiger partial charge on any atom is 0.259 e. The van der Waals surface area contributed by atoms with E-state index >= 15 is 0 Å². The number of amides is 1. The number of ether oxygens (including phenoxy) is 2. The normalized spacial score (nSPS) is 11.0. The zero-order chi connectivity index (χ0) is 21.2. The molecule has 6 nitrogen and oxygen atoms in total. The number of nitrogens with two attached hydrogens (primary N) is 1. The van der Waals surface area contributed by atoms with Crippen LogP contribution in [0.2, 0.25) is 0 Å². The van der Waals surface area contributed by atoms with Crippen molar-refractivity contribution in [1.29, 1.82) is 0 Å². The van der Waals surface area contributed by atoms with Gasteiger partial charge in [0.15, 0.2) is 11.6 Å². The fourth-order valence-corrected chi connectivity index (χ4v) is 2.69. The Morgan fingerprint density at radius 2 is 2.14 bits per heavy atom. The molecule has 29 heavy (non-hydrogen) atoms. The van der Waals surface area contributed by atoms with E-state index in [1.165, 1.54) is 12.1 Å². The fourth-order valence-electron chi connectivity index (χ4n) is 2.69. The number of carbonyl (C=O) groups excluding carboxylic acids is 1. The number of allylic oxidation sites excluding steroid dienone is 1. The molecule has 2 aromatic rings. The van der Waals surface area contributed by atoms with Crippen LogP contribution < -0.4 is 15.8 Å². The Hall–Kier alpha value is -2.93. The van der Waals surface area contributed by atoms with Crippen LogP contribution in [0.4, 0.5) is 15.9 Å². The number of nitrogen functional groups attached to an aromatic ring is 1. The molecule has 0 unspecified atom stereocenters. The molecule has 1 amide bonds. The van der Waals surface area contributed by atoms with Crippen molar-refractivity contribution in [3.63, 3.8) is 0 Å². The van der Waals surface area contributed by atoms with Gasteiger partial charge in [-0.05, 0) is 37.1 Å². The summed E-state index contributed by atoms with van der Waals surface area (Å²) in [5.41, 5.74) is 7.50. The number of unbranched alkanes of at least 4 members (excludes halogenated alkanes) is 2. The highest BCUT2D eigenvalue weighted by Crippen LogP contribution is 2.26. The molecule has 0 spiro atoms. The number of hydrogen-bond acceptors (Lipinski definition) is 5. The maximum atomic E-state index is 14.7. The molecule has 7 heteroatoms. The standard InChI is InChI=1S/C22H28FN3O3/c1-4-5-6-7-8-12-29-19-11-9-10-17(20(19)23)26-22(27)16-13-15(2)18(14-28-3)25-21(16)24/h7-11,13H,4-6,12,14H2,1-3H3,(H2,24,25)(H,26,27). The van der Waals surface area contributed by atoms with Gasteiger partial charge in [0, 0.05) is 7.11 Å². The van der Waals surface area contributed by atoms with Crippen LogP contribution in [0, 0.1) is 12.7 Å². The molecule has 0 aliphatic heterocycles. The molecule has 0 saturated carbocycles. The van der Waals surface area contributed by atoms with Gasteiger partial charge in [-0.25, -0.2) is 9.37 Å². The predicted octanol–water partition coefficient (Wildman–Crippen LogP) is 4.64. The van der Waals surface area contributed by atoms with Crippen molar-refractivity contribution in [2.24, 2.45) is 0 Å². The van der Waals surface area contributed by atoms with Gasteiger partial charge >= 0.3 is 0 Å². The number of carbonyl (C=O) groups is 1. The van der Waals surface area contributed by atoms with E-state index in [4.69, 9.17) is 15.2 Å². The van der Waals surface area contributed by atoms with Crippen molar-refractivity contribution in [2.45, 2.75) is 39.7 Å². The summed E-state index contributed by atoms with van der Waals surface area (Å²) in [6.45, 7) is 4.48. The molecule has 0 atom stereocenters. The third-order valence-electron chi connectivity index (χ3n) is 4.31. The quantitative estimate of drug-likeness (QED) is 0.448. The number of aromatic nitrogens is 1. The first-order chi connectivity index (χ1) is 14.0. The van der Waals surface area contributed by atoms with Crippen molar-refractivity contribution in [3.05, 3.63) is 59.1 Å². The maximum absolute atomic E-state index is 14.7. The molecule has 0 aliphatic rings. The van der Waals surface area contributed by atoms with Gasteiger partial charge in [-0.2, -0.15) is 0 Å². The second kappa shape index (κ2) is 11.2. The SMILES string of the molecule is CCCCC=CCOc1cccc(NC(=O)c2cc(C)c(COC)nc2N)c1F. The third kappa shape index (κ3) is 6.29. The average Bonchev–Trinajstić information content (AvgIpc) is 2.69. The number of nitrogens with zero attached hydrogens (tertiary/aromatic N) is 1. The van der Waals surface area contributed by atoms with Crippen LogP contribution in [0.25, 0.3) is 0 Å². The van der Waals surface area contributed by atoms with Gasteiger partial charge in [-0.15, -0.1) is 0 Å². The summed E-state index contributed by atoms with van der Waals surface area (Å²) in [6.07, 6.45) is 7.07. The number of hydrogen-bond donors (Lipinski definition) is 2. The number of anilines is 2. The third-order valence-corrected chi connectivity index (χ3v) is 4.31. The molecular formula is C22H28FN3O3. The second-order valence-electron chi connectivity index (χ2n) is 6.61. The number of pyridine rings is 1. The summed E-state index contributed by atoms with van der Waals surface area (Å²) in [6, 6.07) is 6.21. The number of methoxy groups -OCH3 is 1. The van der Waals surface area contributed by atoms with E-state index < -0.39 is 11.7 Å². The van der Waals surface area contributed by atoms with E-state index in [0.29, 0.717) is 12.3 Å². The molecule has 0 aliphatic carbocycles. The minimum Gasteiger partial charge on any atom is -0.486 e. The average molecular weight is 401 g/mol. The van der Waals surface area contributed by atoms with Gasteiger partial charge in [-0.3, -0.25) is 4.79 Å². The highest BCUT2D eigenvalue weighted by molar-refractivity contribution is 6.07. The van der Waals surface area contributed by atoms with Crippen LogP contribution in [0.3, 0.4) is 0 Å². The first-order valence-electron chi connectivity index (χ1n) is 9.60. The summed E-state index contributed by atoms with van der Waals surface area (Å²) in [5, 5.41) is 2.54. The lowest BCUT2D eigenvalue weighted by Gasteiger charge is -2.13. The molecule has 1 aromatic heterocycles. The molecule has 2 rings (SSSR count). The van der Waals surface area contributed by atoms with Gasteiger partial charge < -0.3 is 20.5 Å². The summed E-state index contributed by atoms with van der Waals surface area (Å²) < 4.78 is 25.2. The Bertz CT molecular complexity index is 869. The van der Waals surface area contributed by atoms with Crippen LogP contribution in [0.5, 0.6) is 5.75 Å². The van der Waals surface area contributed by atoms with Gasteiger partial charge in [0.1, 0.15) is 12.4 Å². The summed E-state index contributed by atoms with van der Waals surface area (Å²) in [7, 11) is 1.55. The van der Waals surface area contributed by atoms with E-state index in [9.17, 15) is 9.18 Å². The van der Waals surface area contributed by atoms with Crippen molar-refractivity contribution < 1.29 is 18.7 Å². The highest BCUT2D eigenvalue weighted by atomic mass is 19.1. The Morgan fingerprint density at radius 3 is 2.86 bits per heavy atom. The topological polar surface area (TPSA) is 86.5 Å². The number of aryl methyl sites for hydroxylation is 1. The minimum absolute atomic E-state index is 0.0143. The van der Waals surface area contributed by atoms with Gasteiger partial charge in [0.2, 0.25) is 0 Å². The zero-order valence-electron chi connectivity index (χ0n) is 17.1. The molecule has 0 bridgehead atoms. The second-order valence-corrected chi connectivity index (χ2v) is 6.61. The fraction of sp³-hybridized carbons (Fsp3) is 0.364. The molecule has 0 fully saturated rings. The summed E-state index contributed by atoms with van der Waals surface area (Å²) in [4.78, 5) is 16.8. The Labute approximate surface area is 170 Å². The van der Waals surface area contributed by atoms with E-state index in [1.54, 1.807) is 26.2 Å². The van der Waals surface area contributed by atoms with Crippen LogP contribution in [-0.2, 0) is 11.3 Å². The summed E-state index contributed by atoms with van der Waals surface area (Å²) in [5.74, 6) is -1.05. The molecule has 1 heterocycles. The first kappa shape index (κ1) is 22.4. The van der Waals surface area contributed by atoms with Crippen LogP contribution in [0.1, 0.15) is 47.8 Å². The Balaban J connectivity index is 2.09. The van der Waals surface area contributed by atoms with Crippen LogP contribution >= 0.6 is 0 Å². The smallest absolute Gasteiger partial charge is 0.259 e. The Kier molecular flexibility index (Phi) is 8.61. The van der Waals surface area contributed by atoms with Crippen LogP contribution in [-0.4, -0.2) is 24.6 Å². The van der Waals surface area contributed by atoms with Crippen molar-refractivity contribution >= 4 is 17.4 Å². The van der Waals surface area contributed by atoms with E-state index in [1.807, 2.05) is 12.2 Å². The lowest BCUT2D eigenvalue weighted by Crippen LogP contribution is -2.17. The lowest BCUT2D eigenvalue weighted by atomic mass is 10.1. The molecular weight excluding hydrogens is 373 g/mol. The zero-order valence-corrected chi connectivity index (χ0v) is 17.1. The van der Waals surface area contributed by atoms with Crippen molar-refractivity contribution in [2.75, 3.05) is 24.8 Å². The highest BCUT2D eigenvalue weighted by Gasteiger charge is 2.17. The van der Waals surface area contributed by atoms with E-state index in [-0.39, 0.29) is 29.4 Å². The molecule has 0 saturated heterocycles. The van der Waals surface area contributed by atoms with Gasteiger partial charge in [0.25, 0.3) is 5.91 Å². The van der Waals surface area contributed by atoms with Gasteiger partial charge in [0.05, 0.1) is 23.6 Å². The molecule has 3 N–H and O–H groups in total.